The van der Waals surface area contributed by atoms with E-state index in [1.165, 1.54) is 35.6 Å². The van der Waals surface area contributed by atoms with E-state index in [4.69, 9.17) is 4.74 Å². The van der Waals surface area contributed by atoms with Gasteiger partial charge in [0.15, 0.2) is 0 Å². The summed E-state index contributed by atoms with van der Waals surface area (Å²) in [6.45, 7) is 4.39. The summed E-state index contributed by atoms with van der Waals surface area (Å²) in [4.78, 5) is 16.7. The molecule has 0 unspecified atom stereocenters. The minimum atomic E-state index is -3.58. The van der Waals surface area contributed by atoms with E-state index in [1.54, 1.807) is 26.2 Å². The van der Waals surface area contributed by atoms with Gasteiger partial charge in [0, 0.05) is 43.2 Å². The van der Waals surface area contributed by atoms with Gasteiger partial charge in [-0.1, -0.05) is 18.2 Å². The number of hydrogen-bond donors (Lipinski definition) is 1. The van der Waals surface area contributed by atoms with Crippen LogP contribution in [0.15, 0.2) is 78.0 Å². The van der Waals surface area contributed by atoms with E-state index in [-0.39, 0.29) is 16.8 Å². The first-order valence-corrected chi connectivity index (χ1v) is 11.7. The number of carbonyl (C=O) groups excluding carboxylic acids is 1. The third-order valence-electron chi connectivity index (χ3n) is 5.03. The molecular weight excluding hydrogens is 426 g/mol. The second-order valence-corrected chi connectivity index (χ2v) is 9.61. The average Bonchev–Trinajstić information content (AvgIpc) is 2.82. The predicted molar refractivity (Wildman–Crippen MR) is 123 cm³/mol. The Morgan fingerprint density at radius 2 is 1.72 bits per heavy atom. The maximum absolute atomic E-state index is 12.5. The zero-order chi connectivity index (χ0) is 23.1. The molecule has 32 heavy (non-hydrogen) atoms. The summed E-state index contributed by atoms with van der Waals surface area (Å²) < 4.78 is 32.1. The van der Waals surface area contributed by atoms with Crippen LogP contribution in [0.3, 0.4) is 0 Å². The molecule has 0 saturated heterocycles. The van der Waals surface area contributed by atoms with Crippen molar-refractivity contribution in [3.63, 3.8) is 0 Å². The Kier molecular flexibility index (Phi) is 7.61. The van der Waals surface area contributed by atoms with Gasteiger partial charge in [0.1, 0.15) is 12.4 Å². The van der Waals surface area contributed by atoms with Gasteiger partial charge in [-0.05, 0) is 61.9 Å². The van der Waals surface area contributed by atoms with Crippen molar-refractivity contribution in [1.82, 2.24) is 14.6 Å². The molecule has 1 aromatic heterocycles. The van der Waals surface area contributed by atoms with E-state index in [1.807, 2.05) is 36.4 Å². The van der Waals surface area contributed by atoms with E-state index < -0.39 is 10.0 Å². The molecule has 0 bridgehead atoms. The Bertz CT molecular complexity index is 1130. The number of nitrogens with one attached hydrogen (secondary N) is 1. The minimum absolute atomic E-state index is 0.157. The van der Waals surface area contributed by atoms with Crippen molar-refractivity contribution >= 4 is 15.9 Å². The van der Waals surface area contributed by atoms with Crippen LogP contribution < -0.4 is 10.1 Å². The normalized spacial score (nSPS) is 11.5. The van der Waals surface area contributed by atoms with Gasteiger partial charge in [0.25, 0.3) is 5.91 Å². The highest BCUT2D eigenvalue weighted by Gasteiger charge is 2.23. The van der Waals surface area contributed by atoms with Crippen molar-refractivity contribution < 1.29 is 17.9 Å². The van der Waals surface area contributed by atoms with Gasteiger partial charge < -0.3 is 10.1 Å². The van der Waals surface area contributed by atoms with Gasteiger partial charge in [0.05, 0.1) is 4.90 Å². The van der Waals surface area contributed by atoms with Crippen molar-refractivity contribution in [2.45, 2.75) is 37.9 Å². The molecule has 0 aliphatic rings. The molecule has 0 atom stereocenters. The predicted octanol–water partition coefficient (Wildman–Crippen LogP) is 3.62. The fraction of sp³-hybridized carbons (Fsp3) is 0.250. The maximum atomic E-state index is 12.5. The van der Waals surface area contributed by atoms with Crippen molar-refractivity contribution in [1.29, 1.82) is 0 Å². The second-order valence-electron chi connectivity index (χ2n) is 7.62. The first-order valence-electron chi connectivity index (χ1n) is 10.2. The number of nitrogens with zero attached hydrogens (tertiary/aromatic N) is 2. The number of hydrogen-bond acceptors (Lipinski definition) is 5. The van der Waals surface area contributed by atoms with Gasteiger partial charge in [-0.15, -0.1) is 0 Å². The number of ether oxygens (including phenoxy) is 1. The van der Waals surface area contributed by atoms with Crippen LogP contribution in [0.2, 0.25) is 0 Å². The molecule has 3 rings (SSSR count). The third-order valence-corrected chi connectivity index (χ3v) is 7.07. The molecule has 0 fully saturated rings. The summed E-state index contributed by atoms with van der Waals surface area (Å²) >= 11 is 0. The van der Waals surface area contributed by atoms with Crippen LogP contribution in [0.4, 0.5) is 0 Å². The molecule has 0 aliphatic carbocycles. The lowest BCUT2D eigenvalue weighted by atomic mass is 10.2. The Morgan fingerprint density at radius 1 is 1.03 bits per heavy atom. The molecule has 8 heteroatoms. The van der Waals surface area contributed by atoms with Crippen LogP contribution >= 0.6 is 0 Å². The highest BCUT2D eigenvalue weighted by atomic mass is 32.2. The highest BCUT2D eigenvalue weighted by molar-refractivity contribution is 7.89. The maximum Gasteiger partial charge on any atom is 0.251 e. The molecule has 2 aromatic carbocycles. The number of pyridine rings is 1. The summed E-state index contributed by atoms with van der Waals surface area (Å²) in [6, 6.07) is 17.1. The van der Waals surface area contributed by atoms with E-state index in [2.05, 4.69) is 10.3 Å². The molecule has 0 spiro atoms. The first kappa shape index (κ1) is 23.4. The van der Waals surface area contributed by atoms with Gasteiger partial charge in [-0.3, -0.25) is 9.78 Å². The average molecular weight is 454 g/mol. The van der Waals surface area contributed by atoms with Crippen molar-refractivity contribution in [2.24, 2.45) is 0 Å². The number of sulfonamides is 1. The fourth-order valence-corrected chi connectivity index (χ4v) is 4.23. The molecule has 1 amide bonds. The Hall–Kier alpha value is -3.23. The Balaban J connectivity index is 1.54. The van der Waals surface area contributed by atoms with E-state index >= 15 is 0 Å². The third kappa shape index (κ3) is 5.93. The van der Waals surface area contributed by atoms with Crippen molar-refractivity contribution in [2.75, 3.05) is 7.05 Å². The largest absolute Gasteiger partial charge is 0.489 e. The SMILES string of the molecule is CC(C)N(C)S(=O)(=O)c1ccc(C(=O)NCc2ccc(OCc3cccnc3)cc2)cc1. The lowest BCUT2D eigenvalue weighted by molar-refractivity contribution is 0.0951. The summed E-state index contributed by atoms with van der Waals surface area (Å²) in [5.74, 6) is 0.454. The summed E-state index contributed by atoms with van der Waals surface area (Å²) in [6.07, 6.45) is 3.47. The molecule has 1 heterocycles. The van der Waals surface area contributed by atoms with Crippen LogP contribution in [0.25, 0.3) is 0 Å². The Labute approximate surface area is 189 Å². The van der Waals surface area contributed by atoms with E-state index in [9.17, 15) is 13.2 Å². The van der Waals surface area contributed by atoms with E-state index in [0.717, 1.165) is 16.9 Å². The molecule has 1 N–H and O–H groups in total. The molecule has 0 aliphatic heterocycles. The molecule has 0 radical (unpaired) electrons. The smallest absolute Gasteiger partial charge is 0.251 e. The molecule has 7 nitrogen and oxygen atoms in total. The quantitative estimate of drug-likeness (QED) is 0.535. The number of rotatable bonds is 9. The minimum Gasteiger partial charge on any atom is -0.489 e. The molecule has 3 aromatic rings. The van der Waals surface area contributed by atoms with Crippen LogP contribution in [-0.4, -0.2) is 36.7 Å². The molecule has 0 saturated carbocycles. The Morgan fingerprint density at radius 3 is 2.31 bits per heavy atom. The molecular formula is C24H27N3O4S. The first-order chi connectivity index (χ1) is 15.3. The number of benzene rings is 2. The number of amides is 1. The zero-order valence-corrected chi connectivity index (χ0v) is 19.2. The van der Waals surface area contributed by atoms with Crippen LogP contribution in [0.1, 0.15) is 35.3 Å². The van der Waals surface area contributed by atoms with Gasteiger partial charge in [0.2, 0.25) is 10.0 Å². The standard InChI is InChI=1S/C24H27N3O4S/c1-18(2)27(3)32(29,30)23-12-8-21(9-13-23)24(28)26-16-19-6-10-22(11-7-19)31-17-20-5-4-14-25-15-20/h4-15,18H,16-17H2,1-3H3,(H,26,28). The summed E-state index contributed by atoms with van der Waals surface area (Å²) in [5, 5.41) is 2.84. The lowest BCUT2D eigenvalue weighted by Gasteiger charge is -2.21. The van der Waals surface area contributed by atoms with Gasteiger partial charge in [-0.25, -0.2) is 8.42 Å². The van der Waals surface area contributed by atoms with Crippen molar-refractivity contribution in [3.8, 4) is 5.75 Å². The van der Waals surface area contributed by atoms with Gasteiger partial charge in [-0.2, -0.15) is 4.31 Å². The van der Waals surface area contributed by atoms with Crippen LogP contribution in [0.5, 0.6) is 5.75 Å². The number of aromatic nitrogens is 1. The van der Waals surface area contributed by atoms with Crippen molar-refractivity contribution in [3.05, 3.63) is 89.7 Å². The lowest BCUT2D eigenvalue weighted by Crippen LogP contribution is -2.33. The van der Waals surface area contributed by atoms with Crippen LogP contribution in [-0.2, 0) is 23.2 Å². The molecule has 168 valence electrons. The number of carbonyl (C=O) groups is 1. The fourth-order valence-electron chi connectivity index (χ4n) is 2.86. The topological polar surface area (TPSA) is 88.6 Å². The van der Waals surface area contributed by atoms with E-state index in [0.29, 0.717) is 18.7 Å². The summed E-state index contributed by atoms with van der Waals surface area (Å²) in [5.41, 5.74) is 2.30. The van der Waals surface area contributed by atoms with Crippen LogP contribution in [0, 0.1) is 0 Å². The second kappa shape index (κ2) is 10.4. The highest BCUT2D eigenvalue weighted by Crippen LogP contribution is 2.18. The monoisotopic (exact) mass is 453 g/mol. The zero-order valence-electron chi connectivity index (χ0n) is 18.4. The summed E-state index contributed by atoms with van der Waals surface area (Å²) in [7, 11) is -2.04. The van der Waals surface area contributed by atoms with Gasteiger partial charge >= 0.3 is 0 Å².